The predicted octanol–water partition coefficient (Wildman–Crippen LogP) is 1.83. The minimum Gasteiger partial charge on any atom is -0.316 e. The summed E-state index contributed by atoms with van der Waals surface area (Å²) in [5, 5.41) is 3.41. The van der Waals surface area contributed by atoms with Crippen LogP contribution < -0.4 is 5.32 Å². The van der Waals surface area contributed by atoms with Crippen LogP contribution in [0.15, 0.2) is 36.7 Å². The van der Waals surface area contributed by atoms with Gasteiger partial charge in [-0.3, -0.25) is 0 Å². The molecule has 3 nitrogen and oxygen atoms in total. The van der Waals surface area contributed by atoms with Crippen LogP contribution >= 0.6 is 0 Å². The Hall–Kier alpha value is -1.74. The van der Waals surface area contributed by atoms with Crippen molar-refractivity contribution in [1.29, 1.82) is 0 Å². The molecule has 0 atom stereocenters. The molecule has 86 valence electrons. The minimum atomic E-state index is 0.998. The van der Waals surface area contributed by atoms with E-state index in [0.717, 1.165) is 31.6 Å². The summed E-state index contributed by atoms with van der Waals surface area (Å²) in [6.07, 6.45) is 3.70. The van der Waals surface area contributed by atoms with E-state index in [0.29, 0.717) is 0 Å². The number of benzene rings is 1. The van der Waals surface area contributed by atoms with Crippen molar-refractivity contribution in [2.24, 2.45) is 0 Å². The Morgan fingerprint density at radius 3 is 2.65 bits per heavy atom. The van der Waals surface area contributed by atoms with Crippen molar-refractivity contribution in [3.63, 3.8) is 0 Å². The van der Waals surface area contributed by atoms with Crippen LogP contribution in [0.3, 0.4) is 0 Å². The average Bonchev–Trinajstić information content (AvgIpc) is 2.64. The van der Waals surface area contributed by atoms with Crippen molar-refractivity contribution in [3.8, 4) is 11.3 Å². The van der Waals surface area contributed by atoms with Gasteiger partial charge in [-0.2, -0.15) is 0 Å². The third-order valence-electron chi connectivity index (χ3n) is 3.17. The summed E-state index contributed by atoms with van der Waals surface area (Å²) in [7, 11) is 0. The number of aromatic nitrogens is 2. The number of rotatable bonds is 1. The van der Waals surface area contributed by atoms with Gasteiger partial charge < -0.3 is 5.32 Å². The Morgan fingerprint density at radius 1 is 0.941 bits per heavy atom. The highest BCUT2D eigenvalue weighted by atomic mass is 14.9. The van der Waals surface area contributed by atoms with Crippen LogP contribution in [0.1, 0.15) is 11.3 Å². The quantitative estimate of drug-likeness (QED) is 0.804. The summed E-state index contributed by atoms with van der Waals surface area (Å²) in [6.45, 7) is 2.03. The molecule has 0 aliphatic carbocycles. The first-order valence-corrected chi connectivity index (χ1v) is 6.04. The fourth-order valence-electron chi connectivity index (χ4n) is 2.32. The molecular formula is C14H15N3. The number of hydrogen-bond acceptors (Lipinski definition) is 3. The molecule has 0 unspecified atom stereocenters. The summed E-state index contributed by atoms with van der Waals surface area (Å²) >= 11 is 0. The molecule has 1 aromatic heterocycles. The van der Waals surface area contributed by atoms with E-state index < -0.39 is 0 Å². The zero-order valence-corrected chi connectivity index (χ0v) is 9.69. The Balaban J connectivity index is 2.11. The molecule has 0 saturated heterocycles. The van der Waals surface area contributed by atoms with Gasteiger partial charge in [-0.05, 0) is 13.0 Å². The van der Waals surface area contributed by atoms with E-state index in [4.69, 9.17) is 0 Å². The maximum absolute atomic E-state index is 4.47. The average molecular weight is 225 g/mol. The van der Waals surface area contributed by atoms with E-state index >= 15 is 0 Å². The fourth-order valence-corrected chi connectivity index (χ4v) is 2.32. The molecule has 1 aliphatic heterocycles. The second kappa shape index (κ2) is 4.63. The molecule has 0 spiro atoms. The van der Waals surface area contributed by atoms with Gasteiger partial charge in [0.1, 0.15) is 6.33 Å². The molecule has 3 heteroatoms. The molecule has 2 heterocycles. The molecule has 0 fully saturated rings. The lowest BCUT2D eigenvalue weighted by Gasteiger charge is -2.09. The molecule has 0 amide bonds. The summed E-state index contributed by atoms with van der Waals surface area (Å²) in [5.74, 6) is 0. The van der Waals surface area contributed by atoms with Crippen molar-refractivity contribution in [1.82, 2.24) is 15.3 Å². The van der Waals surface area contributed by atoms with E-state index in [9.17, 15) is 0 Å². The van der Waals surface area contributed by atoms with Crippen LogP contribution in [0.4, 0.5) is 0 Å². The molecule has 17 heavy (non-hydrogen) atoms. The highest BCUT2D eigenvalue weighted by molar-refractivity contribution is 5.63. The van der Waals surface area contributed by atoms with E-state index in [2.05, 4.69) is 39.6 Å². The van der Waals surface area contributed by atoms with Gasteiger partial charge in [0.25, 0.3) is 0 Å². The van der Waals surface area contributed by atoms with Crippen molar-refractivity contribution in [2.45, 2.75) is 12.8 Å². The van der Waals surface area contributed by atoms with Gasteiger partial charge in [0.15, 0.2) is 0 Å². The van der Waals surface area contributed by atoms with Crippen molar-refractivity contribution < 1.29 is 0 Å². The van der Waals surface area contributed by atoms with Gasteiger partial charge >= 0.3 is 0 Å². The van der Waals surface area contributed by atoms with Gasteiger partial charge in [-0.25, -0.2) is 9.97 Å². The third-order valence-corrected chi connectivity index (χ3v) is 3.17. The van der Waals surface area contributed by atoms with E-state index in [-0.39, 0.29) is 0 Å². The standard InChI is InChI=1S/C14H15N3/c1-2-4-11(5-3-1)14-12-6-8-15-9-7-13(12)16-10-17-14/h1-5,10,15H,6-9H2. The van der Waals surface area contributed by atoms with Gasteiger partial charge in [-0.15, -0.1) is 0 Å². The highest BCUT2D eigenvalue weighted by Gasteiger charge is 2.14. The Morgan fingerprint density at radius 2 is 1.76 bits per heavy atom. The number of fused-ring (bicyclic) bond motifs is 1. The Kier molecular flexibility index (Phi) is 2.84. The normalized spacial score (nSPS) is 15.1. The smallest absolute Gasteiger partial charge is 0.116 e. The molecule has 2 aromatic rings. The topological polar surface area (TPSA) is 37.8 Å². The molecule has 3 rings (SSSR count). The maximum atomic E-state index is 4.47. The second-order valence-electron chi connectivity index (χ2n) is 4.26. The zero-order valence-electron chi connectivity index (χ0n) is 9.69. The SMILES string of the molecule is c1ccc(-c2ncnc3c2CCNCC3)cc1. The Labute approximate surface area is 101 Å². The lowest BCUT2D eigenvalue weighted by Crippen LogP contribution is -2.16. The summed E-state index contributed by atoms with van der Waals surface area (Å²) in [5.41, 5.74) is 4.79. The van der Waals surface area contributed by atoms with Gasteiger partial charge in [0, 0.05) is 29.8 Å². The summed E-state index contributed by atoms with van der Waals surface area (Å²) < 4.78 is 0. The molecule has 0 radical (unpaired) electrons. The van der Waals surface area contributed by atoms with Crippen molar-refractivity contribution in [3.05, 3.63) is 47.9 Å². The lowest BCUT2D eigenvalue weighted by molar-refractivity contribution is 0.708. The molecule has 1 N–H and O–H groups in total. The van der Waals surface area contributed by atoms with E-state index in [1.807, 2.05) is 6.07 Å². The van der Waals surface area contributed by atoms with Crippen LogP contribution in [0.2, 0.25) is 0 Å². The molecule has 0 saturated carbocycles. The minimum absolute atomic E-state index is 0.998. The monoisotopic (exact) mass is 225 g/mol. The van der Waals surface area contributed by atoms with Crippen LogP contribution in [0.25, 0.3) is 11.3 Å². The van der Waals surface area contributed by atoms with E-state index in [1.54, 1.807) is 6.33 Å². The lowest BCUT2D eigenvalue weighted by atomic mass is 10.0. The number of hydrogen-bond donors (Lipinski definition) is 1. The largest absolute Gasteiger partial charge is 0.316 e. The number of nitrogens with one attached hydrogen (secondary N) is 1. The van der Waals surface area contributed by atoms with Crippen LogP contribution in [0, 0.1) is 0 Å². The fraction of sp³-hybridized carbons (Fsp3) is 0.286. The first-order chi connectivity index (χ1) is 8.45. The molecular weight excluding hydrogens is 210 g/mol. The molecule has 1 aromatic carbocycles. The first kappa shape index (κ1) is 10.4. The van der Waals surface area contributed by atoms with Gasteiger partial charge in [0.2, 0.25) is 0 Å². The second-order valence-corrected chi connectivity index (χ2v) is 4.26. The highest BCUT2D eigenvalue weighted by Crippen LogP contribution is 2.24. The molecule has 0 bridgehead atoms. The van der Waals surface area contributed by atoms with E-state index in [1.165, 1.54) is 16.8 Å². The number of nitrogens with zero attached hydrogens (tertiary/aromatic N) is 2. The summed E-state index contributed by atoms with van der Waals surface area (Å²) in [6, 6.07) is 10.4. The predicted molar refractivity (Wildman–Crippen MR) is 67.7 cm³/mol. The first-order valence-electron chi connectivity index (χ1n) is 6.04. The molecule has 1 aliphatic rings. The summed E-state index contributed by atoms with van der Waals surface area (Å²) in [4.78, 5) is 8.88. The Bertz CT molecular complexity index is 508. The maximum Gasteiger partial charge on any atom is 0.116 e. The third kappa shape index (κ3) is 2.06. The van der Waals surface area contributed by atoms with Crippen molar-refractivity contribution >= 4 is 0 Å². The van der Waals surface area contributed by atoms with Crippen LogP contribution in [-0.2, 0) is 12.8 Å². The van der Waals surface area contributed by atoms with Gasteiger partial charge in [0.05, 0.1) is 5.69 Å². The van der Waals surface area contributed by atoms with Gasteiger partial charge in [-0.1, -0.05) is 30.3 Å². The van der Waals surface area contributed by atoms with Crippen LogP contribution in [0.5, 0.6) is 0 Å². The zero-order chi connectivity index (χ0) is 11.5. The van der Waals surface area contributed by atoms with Crippen LogP contribution in [-0.4, -0.2) is 23.1 Å². The van der Waals surface area contributed by atoms with Crippen molar-refractivity contribution in [2.75, 3.05) is 13.1 Å².